The highest BCUT2D eigenvalue weighted by atomic mass is 32.1. The zero-order valence-electron chi connectivity index (χ0n) is 9.98. The molecule has 3 aromatic rings. The van der Waals surface area contributed by atoms with Crippen molar-refractivity contribution < 1.29 is 9.90 Å². The van der Waals surface area contributed by atoms with E-state index < -0.39 is 5.97 Å². The standard InChI is InChI=1S/C14H11NO2S/c1-7-3-4-8(2)12-10(7)5-9-6-11(14(16)17)18-13(9)15-12/h3-6H,1-2H3,(H,16,17)/p-1. The largest absolute Gasteiger partial charge is 0.544 e. The lowest BCUT2D eigenvalue weighted by molar-refractivity contribution is -0.254. The highest BCUT2D eigenvalue weighted by Gasteiger charge is 2.08. The Hall–Kier alpha value is -1.94. The molecule has 1 aromatic carbocycles. The summed E-state index contributed by atoms with van der Waals surface area (Å²) in [6, 6.07) is 7.72. The molecule has 0 aliphatic carbocycles. The monoisotopic (exact) mass is 256 g/mol. The van der Waals surface area contributed by atoms with Crippen molar-refractivity contribution in [3.63, 3.8) is 0 Å². The van der Waals surface area contributed by atoms with Crippen molar-refractivity contribution in [2.75, 3.05) is 0 Å². The molecule has 0 spiro atoms. The fourth-order valence-electron chi connectivity index (χ4n) is 2.09. The Bertz CT molecular complexity index is 731. The van der Waals surface area contributed by atoms with Crippen LogP contribution in [-0.4, -0.2) is 11.0 Å². The van der Waals surface area contributed by atoms with Crippen LogP contribution in [0.25, 0.3) is 21.1 Å². The lowest BCUT2D eigenvalue weighted by atomic mass is 10.0. The van der Waals surface area contributed by atoms with Crippen molar-refractivity contribution in [1.29, 1.82) is 0 Å². The topological polar surface area (TPSA) is 53.0 Å². The van der Waals surface area contributed by atoms with Gasteiger partial charge in [0.05, 0.1) is 16.4 Å². The minimum Gasteiger partial charge on any atom is -0.544 e. The van der Waals surface area contributed by atoms with Crippen LogP contribution >= 0.6 is 11.3 Å². The maximum absolute atomic E-state index is 10.9. The highest BCUT2D eigenvalue weighted by Crippen LogP contribution is 2.29. The third kappa shape index (κ3) is 1.57. The van der Waals surface area contributed by atoms with Gasteiger partial charge in [-0.1, -0.05) is 12.1 Å². The molecule has 4 heteroatoms. The molecule has 0 bridgehead atoms. The summed E-state index contributed by atoms with van der Waals surface area (Å²) < 4.78 is 0. The molecule has 0 fully saturated rings. The molecule has 0 atom stereocenters. The van der Waals surface area contributed by atoms with Crippen LogP contribution in [0.4, 0.5) is 0 Å². The highest BCUT2D eigenvalue weighted by molar-refractivity contribution is 7.20. The Labute approximate surface area is 108 Å². The summed E-state index contributed by atoms with van der Waals surface area (Å²) >= 11 is 1.16. The third-order valence-electron chi connectivity index (χ3n) is 3.09. The SMILES string of the molecule is Cc1ccc(C)c2nc3sc(C(=O)[O-])cc3cc12. The second-order valence-corrected chi connectivity index (χ2v) is 5.41. The molecule has 0 saturated heterocycles. The quantitative estimate of drug-likeness (QED) is 0.672. The molecule has 2 aromatic heterocycles. The number of aryl methyl sites for hydroxylation is 2. The molecule has 90 valence electrons. The number of pyridine rings is 1. The van der Waals surface area contributed by atoms with E-state index in [0.29, 0.717) is 0 Å². The maximum atomic E-state index is 10.9. The van der Waals surface area contributed by atoms with E-state index in [1.807, 2.05) is 26.0 Å². The average molecular weight is 256 g/mol. The van der Waals surface area contributed by atoms with Gasteiger partial charge in [0.1, 0.15) is 4.83 Å². The van der Waals surface area contributed by atoms with Crippen LogP contribution in [0.1, 0.15) is 20.8 Å². The molecule has 0 aliphatic heterocycles. The first-order chi connectivity index (χ1) is 8.56. The summed E-state index contributed by atoms with van der Waals surface area (Å²) in [5, 5.41) is 12.8. The van der Waals surface area contributed by atoms with Gasteiger partial charge in [0.15, 0.2) is 0 Å². The maximum Gasteiger partial charge on any atom is 0.124 e. The first kappa shape index (κ1) is 11.2. The number of benzene rings is 1. The van der Waals surface area contributed by atoms with Gasteiger partial charge in [-0.25, -0.2) is 4.98 Å². The predicted octanol–water partition coefficient (Wildman–Crippen LogP) is 2.43. The lowest BCUT2D eigenvalue weighted by Crippen LogP contribution is -2.20. The van der Waals surface area contributed by atoms with E-state index in [0.717, 1.165) is 43.6 Å². The molecule has 3 nitrogen and oxygen atoms in total. The molecule has 0 saturated carbocycles. The summed E-state index contributed by atoms with van der Waals surface area (Å²) in [5.74, 6) is -1.14. The predicted molar refractivity (Wildman–Crippen MR) is 70.9 cm³/mol. The zero-order chi connectivity index (χ0) is 12.9. The molecule has 0 unspecified atom stereocenters. The van der Waals surface area contributed by atoms with E-state index in [1.165, 1.54) is 0 Å². The molecule has 0 amide bonds. The van der Waals surface area contributed by atoms with E-state index in [-0.39, 0.29) is 4.88 Å². The van der Waals surface area contributed by atoms with Crippen LogP contribution in [0.5, 0.6) is 0 Å². The Kier molecular flexibility index (Phi) is 2.35. The van der Waals surface area contributed by atoms with Gasteiger partial charge in [-0.3, -0.25) is 0 Å². The number of carbonyl (C=O) groups excluding carboxylic acids is 1. The second kappa shape index (κ2) is 3.78. The van der Waals surface area contributed by atoms with Gasteiger partial charge in [0.25, 0.3) is 0 Å². The van der Waals surface area contributed by atoms with E-state index in [2.05, 4.69) is 11.1 Å². The number of aromatic carboxylic acids is 1. The van der Waals surface area contributed by atoms with Crippen molar-refractivity contribution in [2.24, 2.45) is 0 Å². The van der Waals surface area contributed by atoms with Gasteiger partial charge < -0.3 is 9.90 Å². The van der Waals surface area contributed by atoms with Crippen molar-refractivity contribution in [3.8, 4) is 0 Å². The van der Waals surface area contributed by atoms with Gasteiger partial charge in [-0.05, 0) is 37.1 Å². The van der Waals surface area contributed by atoms with E-state index in [1.54, 1.807) is 6.07 Å². The van der Waals surface area contributed by atoms with Crippen LogP contribution in [0.2, 0.25) is 0 Å². The van der Waals surface area contributed by atoms with Gasteiger partial charge in [0.2, 0.25) is 0 Å². The Balaban J connectivity index is 2.43. The number of fused-ring (bicyclic) bond motifs is 2. The van der Waals surface area contributed by atoms with Gasteiger partial charge >= 0.3 is 0 Å². The Morgan fingerprint density at radius 2 is 1.94 bits per heavy atom. The molecular formula is C14H10NO2S-. The molecule has 0 radical (unpaired) electrons. The van der Waals surface area contributed by atoms with Crippen LogP contribution in [-0.2, 0) is 0 Å². The molecule has 3 rings (SSSR count). The molecular weight excluding hydrogens is 246 g/mol. The van der Waals surface area contributed by atoms with Crippen LogP contribution in [0, 0.1) is 13.8 Å². The van der Waals surface area contributed by atoms with Crippen LogP contribution in [0.3, 0.4) is 0 Å². The molecule has 2 heterocycles. The smallest absolute Gasteiger partial charge is 0.124 e. The number of rotatable bonds is 1. The fraction of sp³-hybridized carbons (Fsp3) is 0.143. The van der Waals surface area contributed by atoms with Crippen LogP contribution in [0.15, 0.2) is 24.3 Å². The summed E-state index contributed by atoms with van der Waals surface area (Å²) in [5.41, 5.74) is 3.18. The number of carbonyl (C=O) groups is 1. The fourth-order valence-corrected chi connectivity index (χ4v) is 2.94. The number of hydrogen-bond acceptors (Lipinski definition) is 4. The number of aromatic nitrogens is 1. The average Bonchev–Trinajstić information content (AvgIpc) is 2.75. The first-order valence-corrected chi connectivity index (χ1v) is 6.40. The molecule has 0 aliphatic rings. The summed E-state index contributed by atoms with van der Waals surface area (Å²) in [6.07, 6.45) is 0. The van der Waals surface area contributed by atoms with Gasteiger partial charge in [-0.15, -0.1) is 11.3 Å². The van der Waals surface area contributed by atoms with Gasteiger partial charge in [0, 0.05) is 10.8 Å². The molecule has 0 N–H and O–H groups in total. The number of nitrogens with zero attached hydrogens (tertiary/aromatic N) is 1. The summed E-state index contributed by atoms with van der Waals surface area (Å²) in [4.78, 5) is 16.4. The van der Waals surface area contributed by atoms with E-state index in [9.17, 15) is 9.90 Å². The number of hydrogen-bond donors (Lipinski definition) is 0. The Morgan fingerprint density at radius 1 is 1.22 bits per heavy atom. The number of carboxylic acid groups (broad SMARTS) is 1. The van der Waals surface area contributed by atoms with Crippen molar-refractivity contribution >= 4 is 38.4 Å². The number of thiophene rings is 1. The van der Waals surface area contributed by atoms with Crippen molar-refractivity contribution in [1.82, 2.24) is 4.98 Å². The zero-order valence-corrected chi connectivity index (χ0v) is 10.8. The minimum absolute atomic E-state index is 0.225. The third-order valence-corrected chi connectivity index (χ3v) is 4.12. The van der Waals surface area contributed by atoms with Crippen molar-refractivity contribution in [2.45, 2.75) is 13.8 Å². The molecule has 18 heavy (non-hydrogen) atoms. The Morgan fingerprint density at radius 3 is 2.67 bits per heavy atom. The minimum atomic E-state index is -1.14. The second-order valence-electron chi connectivity index (χ2n) is 4.38. The van der Waals surface area contributed by atoms with Gasteiger partial charge in [-0.2, -0.15) is 0 Å². The van der Waals surface area contributed by atoms with E-state index in [4.69, 9.17) is 0 Å². The normalized spacial score (nSPS) is 11.2. The first-order valence-electron chi connectivity index (χ1n) is 5.58. The number of carboxylic acids is 1. The van der Waals surface area contributed by atoms with Crippen molar-refractivity contribution in [3.05, 3.63) is 40.3 Å². The summed E-state index contributed by atoms with van der Waals surface area (Å²) in [7, 11) is 0. The van der Waals surface area contributed by atoms with Crippen LogP contribution < -0.4 is 5.11 Å². The van der Waals surface area contributed by atoms with E-state index >= 15 is 0 Å². The summed E-state index contributed by atoms with van der Waals surface area (Å²) in [6.45, 7) is 4.04. The lowest BCUT2D eigenvalue weighted by Gasteiger charge is -2.04.